The molecule has 1 aromatic rings. The maximum atomic E-state index is 13.2. The maximum Gasteiger partial charge on any atom is 0.476 e. The lowest BCUT2D eigenvalue weighted by atomic mass is 9.94. The number of esters is 2. The van der Waals surface area contributed by atoms with Gasteiger partial charge < -0.3 is 19.3 Å². The summed E-state index contributed by atoms with van der Waals surface area (Å²) in [7, 11) is -4.34. The molecule has 0 aromatic carbocycles. The molecule has 3 aliphatic rings. The molecule has 6 atom stereocenters. The van der Waals surface area contributed by atoms with Crippen LogP contribution in [0.15, 0.2) is 21.9 Å². The molecule has 1 spiro atoms. The zero-order valence-corrected chi connectivity index (χ0v) is 21.3. The van der Waals surface area contributed by atoms with Crippen LogP contribution < -0.4 is 11.2 Å². The quantitative estimate of drug-likeness (QED) is 0.185. The highest BCUT2D eigenvalue weighted by Crippen LogP contribution is 2.77. The number of aromatic amines is 1. The molecule has 15 heteroatoms. The van der Waals surface area contributed by atoms with Gasteiger partial charge in [-0.25, -0.2) is 9.36 Å². The number of ether oxygens (including phenoxy) is 3. The van der Waals surface area contributed by atoms with Gasteiger partial charge in [0.2, 0.25) is 5.60 Å². The second-order valence-electron chi connectivity index (χ2n) is 9.34. The summed E-state index contributed by atoms with van der Waals surface area (Å²) < 4.78 is 46.2. The summed E-state index contributed by atoms with van der Waals surface area (Å²) in [4.78, 5) is 50.5. The number of carbonyl (C=O) groups excluding carboxylic acids is 2. The standard InChI is InChI=1S/C22H27N2O12P/c1-6-21(29)19(24-9-7-14(25)23-20(24)28)34-15-16-22(15,21)36-37(30,35-16)31-10-8-13(17(26)32-11(2)3)18(27)33-12(4)5/h1,7,9,11-13,15-16,19,29H,8,10H2,2-5H3,(H,23,25,28)/t15-,16?,19-,21+,22+,37-/m1/s1. The number of carbonyl (C=O) groups is 2. The van der Waals surface area contributed by atoms with E-state index in [1.165, 1.54) is 0 Å². The van der Waals surface area contributed by atoms with Gasteiger partial charge in [-0.1, -0.05) is 5.92 Å². The van der Waals surface area contributed by atoms with Crippen LogP contribution >= 0.6 is 7.82 Å². The van der Waals surface area contributed by atoms with Crippen LogP contribution in [0.2, 0.25) is 0 Å². The fourth-order valence-electron chi connectivity index (χ4n) is 4.36. The van der Waals surface area contributed by atoms with Gasteiger partial charge >= 0.3 is 25.5 Å². The van der Waals surface area contributed by atoms with E-state index in [1.54, 1.807) is 27.7 Å². The molecule has 0 radical (unpaired) electrons. The van der Waals surface area contributed by atoms with Crippen LogP contribution in [0.25, 0.3) is 0 Å². The predicted molar refractivity (Wildman–Crippen MR) is 122 cm³/mol. The number of fused-ring (bicyclic) bond motifs is 1. The van der Waals surface area contributed by atoms with E-state index in [2.05, 4.69) is 5.92 Å². The van der Waals surface area contributed by atoms with Crippen LogP contribution in [0.4, 0.5) is 0 Å². The summed E-state index contributed by atoms with van der Waals surface area (Å²) in [6.07, 6.45) is 1.87. The Hall–Kier alpha value is -2.79. The second-order valence-corrected chi connectivity index (χ2v) is 10.9. The molecular weight excluding hydrogens is 515 g/mol. The zero-order chi connectivity index (χ0) is 27.3. The van der Waals surface area contributed by atoms with E-state index in [4.69, 9.17) is 34.2 Å². The normalized spacial score (nSPS) is 33.8. The Labute approximate surface area is 210 Å². The number of hydrogen-bond acceptors (Lipinski definition) is 12. The van der Waals surface area contributed by atoms with Gasteiger partial charge in [-0.3, -0.25) is 37.5 Å². The predicted octanol–water partition coefficient (Wildman–Crippen LogP) is 0.000300. The Morgan fingerprint density at radius 3 is 2.38 bits per heavy atom. The number of hydrogen-bond donors (Lipinski definition) is 2. The van der Waals surface area contributed by atoms with Crippen molar-refractivity contribution in [2.45, 2.75) is 76.0 Å². The Morgan fingerprint density at radius 2 is 1.84 bits per heavy atom. The molecule has 0 amide bonds. The summed E-state index contributed by atoms with van der Waals surface area (Å²) in [6.45, 7) is 6.03. The highest BCUT2D eigenvalue weighted by atomic mass is 31.2. The number of H-pyrrole nitrogens is 1. The van der Waals surface area contributed by atoms with Crippen LogP contribution in [-0.4, -0.2) is 68.8 Å². The largest absolute Gasteiger partial charge is 0.476 e. The van der Waals surface area contributed by atoms with Crippen molar-refractivity contribution in [3.05, 3.63) is 33.1 Å². The minimum Gasteiger partial charge on any atom is -0.462 e. The van der Waals surface area contributed by atoms with Crippen molar-refractivity contribution in [2.75, 3.05) is 6.61 Å². The molecule has 3 fully saturated rings. The smallest absolute Gasteiger partial charge is 0.462 e. The average molecular weight is 542 g/mol. The summed E-state index contributed by atoms with van der Waals surface area (Å²) in [5, 5.41) is 11.3. The number of nitrogens with zero attached hydrogens (tertiary/aromatic N) is 1. The minimum atomic E-state index is -4.34. The highest BCUT2D eigenvalue weighted by Gasteiger charge is 2.92. The lowest BCUT2D eigenvalue weighted by Crippen LogP contribution is -2.51. The number of nitrogens with one attached hydrogen (secondary N) is 1. The first-order valence-electron chi connectivity index (χ1n) is 11.5. The molecule has 1 saturated carbocycles. The van der Waals surface area contributed by atoms with Gasteiger partial charge in [0.05, 0.1) is 18.8 Å². The molecule has 4 rings (SSSR count). The molecule has 3 heterocycles. The molecule has 2 N–H and O–H groups in total. The Bertz CT molecular complexity index is 1280. The van der Waals surface area contributed by atoms with Crippen LogP contribution in [0.5, 0.6) is 0 Å². The van der Waals surface area contributed by atoms with Crippen LogP contribution in [-0.2, 0) is 41.9 Å². The number of terminal acetylenes is 1. The van der Waals surface area contributed by atoms with Crippen molar-refractivity contribution >= 4 is 19.8 Å². The first kappa shape index (κ1) is 27.3. The summed E-state index contributed by atoms with van der Waals surface area (Å²) >= 11 is 0. The molecule has 37 heavy (non-hydrogen) atoms. The van der Waals surface area contributed by atoms with Crippen molar-refractivity contribution in [3.63, 3.8) is 0 Å². The van der Waals surface area contributed by atoms with E-state index in [9.17, 15) is 28.8 Å². The second kappa shape index (κ2) is 9.50. The molecule has 1 aliphatic carbocycles. The Kier molecular flexibility index (Phi) is 7.00. The number of aromatic nitrogens is 2. The third-order valence-electron chi connectivity index (χ3n) is 6.00. The minimum absolute atomic E-state index is 0.264. The van der Waals surface area contributed by atoms with Gasteiger partial charge in [-0.2, -0.15) is 0 Å². The molecular formula is C22H27N2O12P. The first-order valence-corrected chi connectivity index (χ1v) is 13.0. The monoisotopic (exact) mass is 542 g/mol. The molecule has 0 bridgehead atoms. The lowest BCUT2D eigenvalue weighted by Gasteiger charge is -2.31. The summed E-state index contributed by atoms with van der Waals surface area (Å²) in [6, 6.07) is 1.03. The topological polar surface area (TPSA) is 182 Å². The third kappa shape index (κ3) is 4.56. The van der Waals surface area contributed by atoms with Gasteiger partial charge in [0, 0.05) is 12.3 Å². The fourth-order valence-corrected chi connectivity index (χ4v) is 6.11. The van der Waals surface area contributed by atoms with Crippen molar-refractivity contribution < 1.29 is 47.0 Å². The van der Waals surface area contributed by atoms with Crippen LogP contribution in [0.1, 0.15) is 40.3 Å². The highest BCUT2D eigenvalue weighted by molar-refractivity contribution is 7.48. The van der Waals surface area contributed by atoms with E-state index in [1.807, 2.05) is 4.98 Å². The number of rotatable bonds is 9. The molecule has 14 nitrogen and oxygen atoms in total. The Morgan fingerprint density at radius 1 is 1.22 bits per heavy atom. The number of phosphoric acid groups is 1. The molecule has 1 unspecified atom stereocenters. The molecule has 2 aliphatic heterocycles. The van der Waals surface area contributed by atoms with E-state index in [-0.39, 0.29) is 6.42 Å². The first-order chi connectivity index (χ1) is 17.3. The van der Waals surface area contributed by atoms with Gasteiger partial charge in [-0.05, 0) is 34.1 Å². The number of phosphoric ester groups is 1. The summed E-state index contributed by atoms with van der Waals surface area (Å²) in [5.41, 5.74) is -5.71. The van der Waals surface area contributed by atoms with Crippen molar-refractivity contribution in [1.29, 1.82) is 0 Å². The SMILES string of the molecule is C#C[C@]1(O)[C@H](n2ccc(=O)[nH]c2=O)O[C@@H]2C3O[P@@](=O)(OCCC(C(=O)OC(C)C)C(=O)OC(C)C)O[C@]321. The molecule has 2 saturated heterocycles. The average Bonchev–Trinajstić information content (AvgIpc) is 3.10. The van der Waals surface area contributed by atoms with Crippen molar-refractivity contribution in [2.24, 2.45) is 5.92 Å². The zero-order valence-electron chi connectivity index (χ0n) is 20.4. The molecule has 1 aromatic heterocycles. The van der Waals surface area contributed by atoms with Gasteiger partial charge in [0.1, 0.15) is 12.2 Å². The van der Waals surface area contributed by atoms with Crippen molar-refractivity contribution in [3.8, 4) is 12.3 Å². The number of aliphatic hydroxyl groups is 1. The van der Waals surface area contributed by atoms with Gasteiger partial charge in [0.25, 0.3) is 5.56 Å². The van der Waals surface area contributed by atoms with Crippen LogP contribution in [0, 0.1) is 18.3 Å². The van der Waals surface area contributed by atoms with Crippen LogP contribution in [0.3, 0.4) is 0 Å². The van der Waals surface area contributed by atoms with E-state index >= 15 is 0 Å². The Balaban J connectivity index is 1.47. The van der Waals surface area contributed by atoms with E-state index in [0.29, 0.717) is 0 Å². The fraction of sp³-hybridized carbons (Fsp3) is 0.636. The lowest BCUT2D eigenvalue weighted by molar-refractivity contribution is -0.167. The molecule has 202 valence electrons. The maximum absolute atomic E-state index is 13.2. The third-order valence-corrected chi connectivity index (χ3v) is 7.51. The van der Waals surface area contributed by atoms with Gasteiger partial charge in [0.15, 0.2) is 17.7 Å². The summed E-state index contributed by atoms with van der Waals surface area (Å²) in [5.74, 6) is -0.887. The van der Waals surface area contributed by atoms with Crippen molar-refractivity contribution in [1.82, 2.24) is 9.55 Å². The van der Waals surface area contributed by atoms with E-state index < -0.39 is 85.4 Å². The van der Waals surface area contributed by atoms with E-state index in [0.717, 1.165) is 16.8 Å². The van der Waals surface area contributed by atoms with Gasteiger partial charge in [-0.15, -0.1) is 6.42 Å².